The molecule has 0 radical (unpaired) electrons. The van der Waals surface area contributed by atoms with E-state index in [1.165, 1.54) is 0 Å². The molecule has 3 N–H and O–H groups in total. The quantitative estimate of drug-likeness (QED) is 0.610. The van der Waals surface area contributed by atoms with Crippen molar-refractivity contribution < 1.29 is 14.2 Å². The molecule has 0 bridgehead atoms. The van der Waals surface area contributed by atoms with Gasteiger partial charge in [0.1, 0.15) is 11.9 Å². The van der Waals surface area contributed by atoms with Crippen LogP contribution in [0.3, 0.4) is 0 Å². The molecule has 0 spiro atoms. The van der Waals surface area contributed by atoms with Crippen LogP contribution >= 0.6 is 0 Å². The molecule has 0 fully saturated rings. The molecule has 1 aromatic carbocycles. The molecule has 0 aliphatic carbocycles. The highest BCUT2D eigenvalue weighted by Gasteiger charge is 2.25. The summed E-state index contributed by atoms with van der Waals surface area (Å²) in [6.45, 7) is 0. The fourth-order valence-corrected chi connectivity index (χ4v) is 2.31. The maximum Gasteiger partial charge on any atom is 0.203 e. The summed E-state index contributed by atoms with van der Waals surface area (Å²) in [7, 11) is 6.62. The van der Waals surface area contributed by atoms with E-state index in [0.717, 1.165) is 11.4 Å². The molecule has 1 unspecified atom stereocenters. The predicted octanol–water partition coefficient (Wildman–Crippen LogP) is 0.999. The third-order valence-corrected chi connectivity index (χ3v) is 3.33. The minimum Gasteiger partial charge on any atom is -0.493 e. The molecule has 7 heteroatoms. The number of aromatic nitrogens is 2. The van der Waals surface area contributed by atoms with Gasteiger partial charge in [-0.25, -0.2) is 10.4 Å². The maximum absolute atomic E-state index is 5.72. The summed E-state index contributed by atoms with van der Waals surface area (Å²) in [5.41, 5.74) is 3.58. The lowest BCUT2D eigenvalue weighted by atomic mass is 10.0. The number of hydrazine groups is 1. The molecule has 7 nitrogen and oxygen atoms in total. The number of imidazole rings is 1. The fraction of sp³-hybridized carbons (Fsp3) is 0.357. The van der Waals surface area contributed by atoms with Gasteiger partial charge in [-0.05, 0) is 12.1 Å². The van der Waals surface area contributed by atoms with Gasteiger partial charge in [0, 0.05) is 25.0 Å². The van der Waals surface area contributed by atoms with E-state index in [-0.39, 0.29) is 6.04 Å². The minimum atomic E-state index is -0.334. The van der Waals surface area contributed by atoms with Crippen LogP contribution < -0.4 is 25.5 Å². The zero-order valence-electron chi connectivity index (χ0n) is 12.6. The van der Waals surface area contributed by atoms with Crippen LogP contribution in [0.5, 0.6) is 17.2 Å². The lowest BCUT2D eigenvalue weighted by molar-refractivity contribution is 0.320. The van der Waals surface area contributed by atoms with E-state index in [9.17, 15) is 0 Å². The number of nitrogens with two attached hydrogens (primary N) is 1. The van der Waals surface area contributed by atoms with E-state index in [2.05, 4.69) is 10.4 Å². The Bertz CT molecular complexity index is 612. The molecular formula is C14H20N4O3. The van der Waals surface area contributed by atoms with Crippen LogP contribution in [0.25, 0.3) is 0 Å². The van der Waals surface area contributed by atoms with Gasteiger partial charge < -0.3 is 18.8 Å². The fourth-order valence-electron chi connectivity index (χ4n) is 2.31. The number of methoxy groups -OCH3 is 3. The van der Waals surface area contributed by atoms with Crippen molar-refractivity contribution >= 4 is 0 Å². The van der Waals surface area contributed by atoms with E-state index in [1.54, 1.807) is 27.5 Å². The van der Waals surface area contributed by atoms with Crippen molar-refractivity contribution in [2.75, 3.05) is 21.3 Å². The summed E-state index contributed by atoms with van der Waals surface area (Å²) < 4.78 is 18.1. The predicted molar refractivity (Wildman–Crippen MR) is 78.5 cm³/mol. The Kier molecular flexibility index (Phi) is 4.66. The van der Waals surface area contributed by atoms with Gasteiger partial charge in [-0.15, -0.1) is 0 Å². The average Bonchev–Trinajstić information content (AvgIpc) is 2.93. The maximum atomic E-state index is 5.72. The van der Waals surface area contributed by atoms with Crippen molar-refractivity contribution in [2.45, 2.75) is 6.04 Å². The van der Waals surface area contributed by atoms with E-state index in [4.69, 9.17) is 20.1 Å². The standard InChI is InChI=1S/C14H20N4O3/c1-18-8-7-16-14(18)11(17-15)9-5-6-10(19-2)13(21-4)12(9)20-3/h5-8,11,17H,15H2,1-4H3. The molecule has 21 heavy (non-hydrogen) atoms. The summed E-state index contributed by atoms with van der Waals surface area (Å²) >= 11 is 0. The highest BCUT2D eigenvalue weighted by atomic mass is 16.5. The Morgan fingerprint density at radius 2 is 1.86 bits per heavy atom. The van der Waals surface area contributed by atoms with E-state index >= 15 is 0 Å². The highest BCUT2D eigenvalue weighted by molar-refractivity contribution is 5.57. The van der Waals surface area contributed by atoms with Gasteiger partial charge in [-0.3, -0.25) is 5.84 Å². The number of rotatable bonds is 6. The first-order valence-electron chi connectivity index (χ1n) is 6.40. The van der Waals surface area contributed by atoms with Crippen LogP contribution in [0.1, 0.15) is 17.4 Å². The Hall–Kier alpha value is -2.25. The highest BCUT2D eigenvalue weighted by Crippen LogP contribution is 2.42. The zero-order valence-corrected chi connectivity index (χ0v) is 12.6. The van der Waals surface area contributed by atoms with Crippen molar-refractivity contribution in [1.82, 2.24) is 15.0 Å². The second-order valence-corrected chi connectivity index (χ2v) is 4.42. The Balaban J connectivity index is 2.59. The van der Waals surface area contributed by atoms with Crippen LogP contribution in [-0.4, -0.2) is 30.9 Å². The van der Waals surface area contributed by atoms with Gasteiger partial charge >= 0.3 is 0 Å². The monoisotopic (exact) mass is 292 g/mol. The van der Waals surface area contributed by atoms with E-state index in [1.807, 2.05) is 29.9 Å². The van der Waals surface area contributed by atoms with Crippen molar-refractivity contribution in [3.63, 3.8) is 0 Å². The van der Waals surface area contributed by atoms with Crippen LogP contribution in [0.15, 0.2) is 24.5 Å². The normalized spacial score (nSPS) is 12.0. The zero-order chi connectivity index (χ0) is 15.4. The van der Waals surface area contributed by atoms with Crippen molar-refractivity contribution in [3.8, 4) is 17.2 Å². The molecular weight excluding hydrogens is 272 g/mol. The first-order valence-corrected chi connectivity index (χ1v) is 6.40. The number of nitrogens with zero attached hydrogens (tertiary/aromatic N) is 2. The first kappa shape index (κ1) is 15.1. The third kappa shape index (κ3) is 2.65. The third-order valence-electron chi connectivity index (χ3n) is 3.33. The van der Waals surface area contributed by atoms with Crippen molar-refractivity contribution in [1.29, 1.82) is 0 Å². The number of ether oxygens (including phenoxy) is 3. The van der Waals surface area contributed by atoms with Crippen LogP contribution in [0.2, 0.25) is 0 Å². The first-order chi connectivity index (χ1) is 10.2. The van der Waals surface area contributed by atoms with Crippen LogP contribution in [0.4, 0.5) is 0 Å². The Morgan fingerprint density at radius 3 is 2.33 bits per heavy atom. The Morgan fingerprint density at radius 1 is 1.14 bits per heavy atom. The largest absolute Gasteiger partial charge is 0.493 e. The summed E-state index contributed by atoms with van der Waals surface area (Å²) in [5.74, 6) is 8.16. The Labute approximate surface area is 123 Å². The summed E-state index contributed by atoms with van der Waals surface area (Å²) in [4.78, 5) is 4.33. The van der Waals surface area contributed by atoms with E-state index in [0.29, 0.717) is 17.2 Å². The lowest BCUT2D eigenvalue weighted by Gasteiger charge is -2.21. The summed E-state index contributed by atoms with van der Waals surface area (Å²) in [6.07, 6.45) is 3.57. The van der Waals surface area contributed by atoms with Gasteiger partial charge in [0.15, 0.2) is 11.5 Å². The van der Waals surface area contributed by atoms with E-state index < -0.39 is 0 Å². The molecule has 0 saturated heterocycles. The molecule has 0 aliphatic rings. The smallest absolute Gasteiger partial charge is 0.203 e. The minimum absolute atomic E-state index is 0.334. The summed E-state index contributed by atoms with van der Waals surface area (Å²) in [5, 5.41) is 0. The van der Waals surface area contributed by atoms with Gasteiger partial charge in [-0.2, -0.15) is 0 Å². The topological polar surface area (TPSA) is 83.6 Å². The lowest BCUT2D eigenvalue weighted by Crippen LogP contribution is -2.31. The van der Waals surface area contributed by atoms with Crippen molar-refractivity contribution in [2.24, 2.45) is 12.9 Å². The molecule has 0 saturated carbocycles. The second kappa shape index (κ2) is 6.47. The van der Waals surface area contributed by atoms with Gasteiger partial charge in [0.25, 0.3) is 0 Å². The number of benzene rings is 1. The van der Waals surface area contributed by atoms with Crippen LogP contribution in [0, 0.1) is 0 Å². The number of aryl methyl sites for hydroxylation is 1. The molecule has 2 aromatic rings. The molecule has 1 heterocycles. The number of nitrogens with one attached hydrogen (secondary N) is 1. The van der Waals surface area contributed by atoms with Gasteiger partial charge in [-0.1, -0.05) is 0 Å². The summed E-state index contributed by atoms with van der Waals surface area (Å²) in [6, 6.07) is 3.35. The number of hydrogen-bond donors (Lipinski definition) is 2. The molecule has 0 amide bonds. The molecule has 114 valence electrons. The van der Waals surface area contributed by atoms with Gasteiger partial charge in [0.05, 0.1) is 21.3 Å². The average molecular weight is 292 g/mol. The van der Waals surface area contributed by atoms with Crippen molar-refractivity contribution in [3.05, 3.63) is 35.9 Å². The second-order valence-electron chi connectivity index (χ2n) is 4.42. The SMILES string of the molecule is COc1ccc(C(NN)c2nccn2C)c(OC)c1OC. The molecule has 2 rings (SSSR count). The van der Waals surface area contributed by atoms with Gasteiger partial charge in [0.2, 0.25) is 5.75 Å². The van der Waals surface area contributed by atoms with Crippen LogP contribution in [-0.2, 0) is 7.05 Å². The number of hydrogen-bond acceptors (Lipinski definition) is 6. The molecule has 1 atom stereocenters. The molecule has 1 aromatic heterocycles. The molecule has 0 aliphatic heterocycles.